The van der Waals surface area contributed by atoms with E-state index in [2.05, 4.69) is 5.10 Å². The molecule has 4 heteroatoms. The third kappa shape index (κ3) is 1.64. The normalized spacial score (nSPS) is 10.7. The van der Waals surface area contributed by atoms with Gasteiger partial charge in [-0.1, -0.05) is 24.3 Å². The number of para-hydroxylation sites is 1. The number of rotatable bonds is 2. The van der Waals surface area contributed by atoms with Crippen LogP contribution in [0.25, 0.3) is 16.6 Å². The van der Waals surface area contributed by atoms with E-state index >= 15 is 0 Å². The van der Waals surface area contributed by atoms with Crippen molar-refractivity contribution in [3.63, 3.8) is 0 Å². The third-order valence-corrected chi connectivity index (χ3v) is 2.82. The van der Waals surface area contributed by atoms with E-state index in [1.54, 1.807) is 29.1 Å². The Morgan fingerprint density at radius 1 is 1.11 bits per heavy atom. The van der Waals surface area contributed by atoms with Gasteiger partial charge in [-0.15, -0.1) is 0 Å². The predicted molar refractivity (Wildman–Crippen MR) is 68.0 cm³/mol. The van der Waals surface area contributed by atoms with Gasteiger partial charge in [0.1, 0.15) is 0 Å². The van der Waals surface area contributed by atoms with Crippen molar-refractivity contribution in [3.8, 4) is 5.69 Å². The van der Waals surface area contributed by atoms with Crippen molar-refractivity contribution < 1.29 is 9.90 Å². The fourth-order valence-corrected chi connectivity index (χ4v) is 1.93. The average Bonchev–Trinajstić information content (AvgIpc) is 2.82. The largest absolute Gasteiger partial charge is 0.478 e. The molecule has 1 heterocycles. The molecular weight excluding hydrogens is 228 g/mol. The van der Waals surface area contributed by atoms with Gasteiger partial charge in [0, 0.05) is 5.39 Å². The molecular formula is C14H10N2O2. The summed E-state index contributed by atoms with van der Waals surface area (Å²) in [4.78, 5) is 11.0. The second-order valence-corrected chi connectivity index (χ2v) is 3.97. The summed E-state index contributed by atoms with van der Waals surface area (Å²) in [5.41, 5.74) is 1.97. The molecule has 0 saturated heterocycles. The van der Waals surface area contributed by atoms with E-state index in [0.717, 1.165) is 16.6 Å². The average molecular weight is 238 g/mol. The van der Waals surface area contributed by atoms with Crippen LogP contribution in [0.15, 0.2) is 54.7 Å². The lowest BCUT2D eigenvalue weighted by Crippen LogP contribution is -1.98. The fraction of sp³-hybridized carbons (Fsp3) is 0. The Hall–Kier alpha value is -2.62. The highest BCUT2D eigenvalue weighted by Crippen LogP contribution is 2.19. The fourth-order valence-electron chi connectivity index (χ4n) is 1.93. The first-order valence-electron chi connectivity index (χ1n) is 5.52. The molecule has 0 radical (unpaired) electrons. The maximum Gasteiger partial charge on any atom is 0.335 e. The molecule has 88 valence electrons. The van der Waals surface area contributed by atoms with Gasteiger partial charge in [0.2, 0.25) is 0 Å². The minimum Gasteiger partial charge on any atom is -0.478 e. The lowest BCUT2D eigenvalue weighted by molar-refractivity contribution is 0.0697. The second kappa shape index (κ2) is 4.00. The van der Waals surface area contributed by atoms with Gasteiger partial charge in [-0.2, -0.15) is 5.10 Å². The summed E-state index contributed by atoms with van der Waals surface area (Å²) < 4.78 is 1.74. The molecule has 0 atom stereocenters. The second-order valence-electron chi connectivity index (χ2n) is 3.97. The number of carboxylic acid groups (broad SMARTS) is 1. The van der Waals surface area contributed by atoms with Gasteiger partial charge in [0.05, 0.1) is 23.0 Å². The zero-order chi connectivity index (χ0) is 12.5. The monoisotopic (exact) mass is 238 g/mol. The topological polar surface area (TPSA) is 55.1 Å². The van der Waals surface area contributed by atoms with E-state index in [-0.39, 0.29) is 5.56 Å². The van der Waals surface area contributed by atoms with Crippen LogP contribution in [0, 0.1) is 0 Å². The van der Waals surface area contributed by atoms with Crippen LogP contribution < -0.4 is 0 Å². The molecule has 18 heavy (non-hydrogen) atoms. The first-order valence-corrected chi connectivity index (χ1v) is 5.52. The van der Waals surface area contributed by atoms with E-state index in [1.807, 2.05) is 30.3 Å². The SMILES string of the molecule is O=C(O)c1ccc2cnn(-c3ccccc3)c2c1. The minimum atomic E-state index is -0.933. The Labute approximate surface area is 103 Å². The van der Waals surface area contributed by atoms with Crippen LogP contribution in [0.4, 0.5) is 0 Å². The van der Waals surface area contributed by atoms with Gasteiger partial charge < -0.3 is 5.11 Å². The zero-order valence-corrected chi connectivity index (χ0v) is 9.45. The van der Waals surface area contributed by atoms with Crippen molar-refractivity contribution in [2.24, 2.45) is 0 Å². The molecule has 0 aliphatic carbocycles. The summed E-state index contributed by atoms with van der Waals surface area (Å²) in [7, 11) is 0. The van der Waals surface area contributed by atoms with Crippen LogP contribution in [-0.2, 0) is 0 Å². The van der Waals surface area contributed by atoms with E-state index in [4.69, 9.17) is 5.11 Å². The van der Waals surface area contributed by atoms with Gasteiger partial charge in [-0.05, 0) is 24.3 Å². The van der Waals surface area contributed by atoms with Gasteiger partial charge in [0.15, 0.2) is 0 Å². The number of carboxylic acids is 1. The van der Waals surface area contributed by atoms with Crippen LogP contribution >= 0.6 is 0 Å². The van der Waals surface area contributed by atoms with Crippen LogP contribution in [0.1, 0.15) is 10.4 Å². The molecule has 0 unspecified atom stereocenters. The maximum absolute atomic E-state index is 11.0. The molecule has 0 fully saturated rings. The summed E-state index contributed by atoms with van der Waals surface area (Å²) in [6.07, 6.45) is 1.73. The number of hydrogen-bond acceptors (Lipinski definition) is 2. The van der Waals surface area contributed by atoms with Crippen LogP contribution in [0.2, 0.25) is 0 Å². The van der Waals surface area contributed by atoms with E-state index in [0.29, 0.717) is 0 Å². The minimum absolute atomic E-state index is 0.264. The Morgan fingerprint density at radius 2 is 1.89 bits per heavy atom. The van der Waals surface area contributed by atoms with Crippen molar-refractivity contribution in [2.75, 3.05) is 0 Å². The van der Waals surface area contributed by atoms with Gasteiger partial charge in [0.25, 0.3) is 0 Å². The van der Waals surface area contributed by atoms with Gasteiger partial charge >= 0.3 is 5.97 Å². The quantitative estimate of drug-likeness (QED) is 0.746. The maximum atomic E-state index is 11.0. The van der Waals surface area contributed by atoms with Crippen molar-refractivity contribution in [2.45, 2.75) is 0 Å². The lowest BCUT2D eigenvalue weighted by atomic mass is 10.1. The summed E-state index contributed by atoms with van der Waals surface area (Å²) in [5, 5.41) is 14.2. The predicted octanol–water partition coefficient (Wildman–Crippen LogP) is 2.72. The van der Waals surface area contributed by atoms with Crippen molar-refractivity contribution in [1.82, 2.24) is 9.78 Å². The summed E-state index contributed by atoms with van der Waals surface area (Å²) in [5.74, 6) is -0.933. The molecule has 3 rings (SSSR count). The molecule has 0 bridgehead atoms. The Kier molecular flexibility index (Phi) is 2.34. The van der Waals surface area contributed by atoms with Crippen molar-refractivity contribution in [3.05, 3.63) is 60.3 Å². The van der Waals surface area contributed by atoms with Gasteiger partial charge in [-0.25, -0.2) is 9.48 Å². The molecule has 3 aromatic rings. The molecule has 0 aliphatic heterocycles. The Morgan fingerprint density at radius 3 is 2.61 bits per heavy atom. The molecule has 1 aromatic heterocycles. The molecule has 4 nitrogen and oxygen atoms in total. The first kappa shape index (κ1) is 10.5. The highest BCUT2D eigenvalue weighted by atomic mass is 16.4. The summed E-state index contributed by atoms with van der Waals surface area (Å²) in [6, 6.07) is 14.6. The Balaban J connectivity index is 2.24. The van der Waals surface area contributed by atoms with Crippen LogP contribution in [-0.4, -0.2) is 20.9 Å². The molecule has 0 aliphatic rings. The Bertz CT molecular complexity index is 717. The lowest BCUT2D eigenvalue weighted by Gasteiger charge is -2.03. The number of hydrogen-bond donors (Lipinski definition) is 1. The summed E-state index contributed by atoms with van der Waals surface area (Å²) in [6.45, 7) is 0. The highest BCUT2D eigenvalue weighted by molar-refractivity contribution is 5.93. The third-order valence-electron chi connectivity index (χ3n) is 2.82. The van der Waals surface area contributed by atoms with E-state index in [9.17, 15) is 4.79 Å². The number of carbonyl (C=O) groups is 1. The van der Waals surface area contributed by atoms with Crippen LogP contribution in [0.5, 0.6) is 0 Å². The number of benzene rings is 2. The van der Waals surface area contributed by atoms with E-state index in [1.165, 1.54) is 0 Å². The number of fused-ring (bicyclic) bond motifs is 1. The van der Waals surface area contributed by atoms with Crippen molar-refractivity contribution in [1.29, 1.82) is 0 Å². The number of nitrogens with zero attached hydrogens (tertiary/aromatic N) is 2. The first-order chi connectivity index (χ1) is 8.75. The number of aromatic nitrogens is 2. The van der Waals surface area contributed by atoms with Gasteiger partial charge in [-0.3, -0.25) is 0 Å². The highest BCUT2D eigenvalue weighted by Gasteiger charge is 2.08. The molecule has 1 N–H and O–H groups in total. The molecule has 2 aromatic carbocycles. The summed E-state index contributed by atoms with van der Waals surface area (Å²) >= 11 is 0. The molecule has 0 spiro atoms. The zero-order valence-electron chi connectivity index (χ0n) is 9.45. The molecule has 0 amide bonds. The van der Waals surface area contributed by atoms with E-state index < -0.39 is 5.97 Å². The van der Waals surface area contributed by atoms with Crippen molar-refractivity contribution >= 4 is 16.9 Å². The standard InChI is InChI=1S/C14H10N2O2/c17-14(18)10-6-7-11-9-15-16(13(11)8-10)12-4-2-1-3-5-12/h1-9H,(H,17,18). The number of aromatic carboxylic acids is 1. The smallest absolute Gasteiger partial charge is 0.335 e. The van der Waals surface area contributed by atoms with Crippen LogP contribution in [0.3, 0.4) is 0 Å². The molecule has 0 saturated carbocycles.